The fourth-order valence-electron chi connectivity index (χ4n) is 3.44. The van der Waals surface area contributed by atoms with Crippen LogP contribution < -0.4 is 10.1 Å². The molecule has 6 nitrogen and oxygen atoms in total. The molecule has 0 aliphatic carbocycles. The lowest BCUT2D eigenvalue weighted by Gasteiger charge is -1.99. The Morgan fingerprint density at radius 3 is 2.73 bits per heavy atom. The van der Waals surface area contributed by atoms with Crippen LogP contribution in [0, 0.1) is 13.8 Å². The Morgan fingerprint density at radius 2 is 1.93 bits per heavy atom. The maximum absolute atomic E-state index is 13.0. The number of fused-ring (bicyclic) bond motifs is 3. The van der Waals surface area contributed by atoms with Crippen molar-refractivity contribution in [3.63, 3.8) is 0 Å². The second kappa shape index (κ2) is 6.67. The van der Waals surface area contributed by atoms with E-state index in [0.29, 0.717) is 26.6 Å². The summed E-state index contributed by atoms with van der Waals surface area (Å²) in [5, 5.41) is 9.16. The van der Waals surface area contributed by atoms with Crippen molar-refractivity contribution >= 4 is 39.4 Å². The lowest BCUT2D eigenvalue weighted by molar-refractivity contribution is 0.0697. The summed E-state index contributed by atoms with van der Waals surface area (Å²) < 4.78 is 8.01. The first-order valence-corrected chi connectivity index (χ1v) is 10.1. The molecular formula is C23H16N2O4S. The first-order chi connectivity index (χ1) is 14.4. The Morgan fingerprint density at radius 1 is 1.13 bits per heavy atom. The molecule has 5 rings (SSSR count). The second-order valence-electron chi connectivity index (χ2n) is 7.16. The van der Waals surface area contributed by atoms with Gasteiger partial charge in [-0.15, -0.1) is 0 Å². The Bertz CT molecular complexity index is 1570. The normalized spacial score (nSPS) is 12.3. The highest BCUT2D eigenvalue weighted by atomic mass is 32.1. The van der Waals surface area contributed by atoms with Crippen LogP contribution in [0.3, 0.4) is 0 Å². The summed E-state index contributed by atoms with van der Waals surface area (Å²) in [6.45, 7) is 4.04. The smallest absolute Gasteiger partial charge is 0.335 e. The van der Waals surface area contributed by atoms with Gasteiger partial charge < -0.3 is 9.52 Å². The van der Waals surface area contributed by atoms with Crippen molar-refractivity contribution in [1.82, 2.24) is 9.38 Å². The van der Waals surface area contributed by atoms with E-state index in [2.05, 4.69) is 4.98 Å². The molecule has 7 heteroatoms. The summed E-state index contributed by atoms with van der Waals surface area (Å²) in [6.07, 6.45) is 1.69. The van der Waals surface area contributed by atoms with E-state index in [1.165, 1.54) is 17.4 Å². The van der Waals surface area contributed by atoms with Crippen molar-refractivity contribution in [2.75, 3.05) is 0 Å². The van der Waals surface area contributed by atoms with Crippen LogP contribution in [0.1, 0.15) is 27.2 Å². The van der Waals surface area contributed by atoms with Gasteiger partial charge in [-0.25, -0.2) is 14.2 Å². The average Bonchev–Trinajstić information content (AvgIpc) is 3.39. The summed E-state index contributed by atoms with van der Waals surface area (Å²) in [7, 11) is 0. The molecule has 1 N–H and O–H groups in total. The first kappa shape index (κ1) is 18.3. The van der Waals surface area contributed by atoms with Crippen LogP contribution in [0.5, 0.6) is 0 Å². The number of aryl methyl sites for hydroxylation is 2. The van der Waals surface area contributed by atoms with Gasteiger partial charge in [0.2, 0.25) is 0 Å². The highest BCUT2D eigenvalue weighted by Gasteiger charge is 2.13. The summed E-state index contributed by atoms with van der Waals surface area (Å²) in [6, 6.07) is 14.0. The van der Waals surface area contributed by atoms with E-state index in [0.717, 1.165) is 22.2 Å². The van der Waals surface area contributed by atoms with Gasteiger partial charge in [-0.05, 0) is 61.4 Å². The molecule has 0 aliphatic rings. The van der Waals surface area contributed by atoms with E-state index in [4.69, 9.17) is 9.52 Å². The standard InChI is InChI=1S/C23H16N2O4S/c1-12-8-17-18(9-13(12)2)25-21(26)20(30-23(25)24-17)11-16-6-7-19(29-16)14-4-3-5-15(10-14)22(27)28/h3-11H,1-2H3,(H,27,28)/b20-11+. The molecule has 0 spiro atoms. The van der Waals surface area contributed by atoms with Crippen molar-refractivity contribution < 1.29 is 14.3 Å². The number of nitrogens with zero attached hydrogens (tertiary/aromatic N) is 2. The zero-order valence-electron chi connectivity index (χ0n) is 16.2. The number of imidazole rings is 1. The summed E-state index contributed by atoms with van der Waals surface area (Å²) in [5.41, 5.74) is 4.59. The molecule has 0 fully saturated rings. The lowest BCUT2D eigenvalue weighted by atomic mass is 10.1. The van der Waals surface area contributed by atoms with Crippen molar-refractivity contribution in [2.45, 2.75) is 13.8 Å². The molecule has 5 aromatic rings. The third-order valence-corrected chi connectivity index (χ3v) is 6.12. The quantitative estimate of drug-likeness (QED) is 0.480. The predicted octanol–water partition coefficient (Wildman–Crippen LogP) is 4.03. The zero-order chi connectivity index (χ0) is 21.0. The molecule has 3 heterocycles. The molecule has 30 heavy (non-hydrogen) atoms. The minimum absolute atomic E-state index is 0.133. The molecule has 0 unspecified atom stereocenters. The molecule has 0 bridgehead atoms. The van der Waals surface area contributed by atoms with E-state index in [-0.39, 0.29) is 11.1 Å². The monoisotopic (exact) mass is 416 g/mol. The lowest BCUT2D eigenvalue weighted by Crippen LogP contribution is -2.22. The zero-order valence-corrected chi connectivity index (χ0v) is 17.0. The Kier molecular flexibility index (Phi) is 4.08. The fraction of sp³-hybridized carbons (Fsp3) is 0.0870. The van der Waals surface area contributed by atoms with Gasteiger partial charge in [0, 0.05) is 11.6 Å². The molecule has 0 saturated heterocycles. The molecule has 0 aliphatic heterocycles. The molecule has 0 saturated carbocycles. The van der Waals surface area contributed by atoms with Gasteiger partial charge in [0.15, 0.2) is 4.96 Å². The molecular weight excluding hydrogens is 400 g/mol. The van der Waals surface area contributed by atoms with E-state index in [9.17, 15) is 9.59 Å². The highest BCUT2D eigenvalue weighted by molar-refractivity contribution is 7.15. The minimum Gasteiger partial charge on any atom is -0.478 e. The number of rotatable bonds is 3. The highest BCUT2D eigenvalue weighted by Crippen LogP contribution is 2.24. The number of carboxylic acid groups (broad SMARTS) is 1. The third-order valence-electron chi connectivity index (χ3n) is 5.15. The van der Waals surface area contributed by atoms with Crippen molar-refractivity contribution in [3.8, 4) is 11.3 Å². The number of carboxylic acids is 1. The largest absolute Gasteiger partial charge is 0.478 e. The topological polar surface area (TPSA) is 84.8 Å². The predicted molar refractivity (Wildman–Crippen MR) is 116 cm³/mol. The van der Waals surface area contributed by atoms with E-state index >= 15 is 0 Å². The summed E-state index contributed by atoms with van der Waals surface area (Å²) >= 11 is 1.31. The number of aromatic nitrogens is 2. The number of hydrogen-bond acceptors (Lipinski definition) is 5. The first-order valence-electron chi connectivity index (χ1n) is 9.28. The Balaban J connectivity index is 1.60. The number of aromatic carboxylic acids is 1. The van der Waals surface area contributed by atoms with Crippen LogP contribution >= 0.6 is 11.3 Å². The summed E-state index contributed by atoms with van der Waals surface area (Å²) in [5.74, 6) is 0.0594. The van der Waals surface area contributed by atoms with Crippen LogP contribution in [-0.4, -0.2) is 20.5 Å². The second-order valence-corrected chi connectivity index (χ2v) is 8.17. The average molecular weight is 416 g/mol. The van der Waals surface area contributed by atoms with Crippen molar-refractivity contribution in [2.24, 2.45) is 0 Å². The molecule has 3 aromatic heterocycles. The van der Waals surface area contributed by atoms with Gasteiger partial charge in [-0.2, -0.15) is 0 Å². The van der Waals surface area contributed by atoms with Gasteiger partial charge in [-0.3, -0.25) is 4.79 Å². The number of benzene rings is 2. The van der Waals surface area contributed by atoms with Crippen LogP contribution in [0.25, 0.3) is 33.4 Å². The van der Waals surface area contributed by atoms with Crippen LogP contribution in [0.4, 0.5) is 0 Å². The van der Waals surface area contributed by atoms with Crippen LogP contribution in [0.15, 0.2) is 57.7 Å². The SMILES string of the molecule is Cc1cc2nc3s/c(=C/c4ccc(-c5cccc(C(=O)O)c5)o4)c(=O)n3c2cc1C. The van der Waals surface area contributed by atoms with Crippen molar-refractivity contribution in [1.29, 1.82) is 0 Å². The molecule has 0 radical (unpaired) electrons. The minimum atomic E-state index is -0.995. The van der Waals surface area contributed by atoms with E-state index in [1.54, 1.807) is 40.8 Å². The van der Waals surface area contributed by atoms with Crippen LogP contribution in [-0.2, 0) is 0 Å². The summed E-state index contributed by atoms with van der Waals surface area (Å²) in [4.78, 5) is 29.4. The molecule has 0 atom stereocenters. The van der Waals surface area contributed by atoms with Gasteiger partial charge in [0.25, 0.3) is 5.56 Å². The van der Waals surface area contributed by atoms with Crippen LogP contribution in [0.2, 0.25) is 0 Å². The number of carbonyl (C=O) groups is 1. The van der Waals surface area contributed by atoms with Crippen molar-refractivity contribution in [3.05, 3.63) is 85.9 Å². The van der Waals surface area contributed by atoms with Gasteiger partial charge >= 0.3 is 5.97 Å². The number of furan rings is 1. The molecule has 0 amide bonds. The number of hydrogen-bond donors (Lipinski definition) is 1. The Labute approximate surface area is 174 Å². The number of thiazole rings is 1. The van der Waals surface area contributed by atoms with Gasteiger partial charge in [0.05, 0.1) is 16.6 Å². The Hall–Kier alpha value is -3.71. The maximum atomic E-state index is 13.0. The fourth-order valence-corrected chi connectivity index (χ4v) is 4.41. The molecule has 2 aromatic carbocycles. The third kappa shape index (κ3) is 2.91. The van der Waals surface area contributed by atoms with Gasteiger partial charge in [-0.1, -0.05) is 23.5 Å². The van der Waals surface area contributed by atoms with E-state index in [1.807, 2.05) is 26.0 Å². The van der Waals surface area contributed by atoms with Gasteiger partial charge in [0.1, 0.15) is 16.1 Å². The molecule has 148 valence electrons. The maximum Gasteiger partial charge on any atom is 0.335 e. The van der Waals surface area contributed by atoms with E-state index < -0.39 is 5.97 Å².